The van der Waals surface area contributed by atoms with Gasteiger partial charge in [0.25, 0.3) is 0 Å². The van der Waals surface area contributed by atoms with E-state index < -0.39 is 0 Å². The molecule has 2 nitrogen and oxygen atoms in total. The molecule has 0 N–H and O–H groups in total. The zero-order valence-electron chi connectivity index (χ0n) is 13.7. The first-order chi connectivity index (χ1) is 8.14. The molecule has 1 aliphatic rings. The van der Waals surface area contributed by atoms with Crippen molar-refractivity contribution in [2.24, 2.45) is 0 Å². The van der Waals surface area contributed by atoms with E-state index in [9.17, 15) is 0 Å². The average Bonchev–Trinajstić information content (AvgIpc) is 2.89. The molecule has 0 bridgehead atoms. The zero-order chi connectivity index (χ0) is 13.9. The minimum Gasteiger partial charge on any atom is -0.668 e. The second-order valence-corrected chi connectivity index (χ2v) is 3.13. The maximum Gasteiger partial charge on any atom is 4.00 e. The van der Waals surface area contributed by atoms with Crippen LogP contribution in [0.4, 0.5) is 0 Å². The summed E-state index contributed by atoms with van der Waals surface area (Å²) >= 11 is 0. The van der Waals surface area contributed by atoms with Crippen LogP contribution in [0.5, 0.6) is 0 Å². The van der Waals surface area contributed by atoms with Crippen molar-refractivity contribution < 1.29 is 21.7 Å². The minimum absolute atomic E-state index is 0. The molecule has 0 spiro atoms. The summed E-state index contributed by atoms with van der Waals surface area (Å²) in [5, 5.41) is 7.00. The van der Waals surface area contributed by atoms with Crippen LogP contribution in [0.2, 0.25) is 0 Å². The van der Waals surface area contributed by atoms with Gasteiger partial charge in [-0.05, 0) is 13.8 Å². The fourth-order valence-corrected chi connectivity index (χ4v) is 0.458. The second-order valence-electron chi connectivity index (χ2n) is 3.13. The summed E-state index contributed by atoms with van der Waals surface area (Å²) in [5.41, 5.74) is 1.23. The number of hydrogen-bond acceptors (Lipinski definition) is 0. The Morgan fingerprint density at radius 3 is 1.68 bits per heavy atom. The van der Waals surface area contributed by atoms with Crippen LogP contribution in [0.15, 0.2) is 42.5 Å². The monoisotopic (exact) mass is 298 g/mol. The summed E-state index contributed by atoms with van der Waals surface area (Å²) in [6, 6.07) is 0. The van der Waals surface area contributed by atoms with Crippen LogP contribution in [0, 0.1) is 13.5 Å². The van der Waals surface area contributed by atoms with Crippen molar-refractivity contribution >= 4 is 0 Å². The molecule has 0 saturated carbocycles. The van der Waals surface area contributed by atoms with Crippen LogP contribution < -0.4 is 0 Å². The molecule has 0 aliphatic heterocycles. The summed E-state index contributed by atoms with van der Waals surface area (Å²) in [6.45, 7) is 7.58. The predicted molar refractivity (Wildman–Crippen MR) is 88.0 cm³/mol. The van der Waals surface area contributed by atoms with E-state index in [1.165, 1.54) is 5.57 Å². The third-order valence-electron chi connectivity index (χ3n) is 1.36. The maximum absolute atomic E-state index is 3.56. The van der Waals surface area contributed by atoms with Crippen LogP contribution >= 0.6 is 0 Å². The number of nitrogens with zero attached hydrogens (tertiary/aromatic N) is 2. The molecule has 0 aromatic heterocycles. The van der Waals surface area contributed by atoms with E-state index in [0.717, 1.165) is 6.42 Å². The van der Waals surface area contributed by atoms with Gasteiger partial charge in [-0.15, -0.1) is 6.42 Å². The third-order valence-corrected chi connectivity index (χ3v) is 1.36. The molecule has 19 heavy (non-hydrogen) atoms. The van der Waals surface area contributed by atoms with Crippen molar-refractivity contribution in [2.75, 3.05) is 28.2 Å². The summed E-state index contributed by atoms with van der Waals surface area (Å²) in [5.74, 6) is 0. The van der Waals surface area contributed by atoms with Crippen LogP contribution in [0.25, 0.3) is 10.6 Å². The summed E-state index contributed by atoms with van der Waals surface area (Å²) in [7, 11) is 7.00. The first-order valence-electron chi connectivity index (χ1n) is 5.57. The number of allylic oxidation sites excluding steroid dienone is 7. The van der Waals surface area contributed by atoms with Crippen LogP contribution in [-0.2, 0) is 21.7 Å². The number of hydrogen-bond donors (Lipinski definition) is 0. The predicted octanol–water partition coefficient (Wildman–Crippen LogP) is 5.13. The molecule has 3 heteroatoms. The van der Waals surface area contributed by atoms with Crippen molar-refractivity contribution in [1.82, 2.24) is 0 Å². The summed E-state index contributed by atoms with van der Waals surface area (Å²) in [6.07, 6.45) is 13.9. The van der Waals surface area contributed by atoms with Gasteiger partial charge >= 0.3 is 21.7 Å². The van der Waals surface area contributed by atoms with Crippen molar-refractivity contribution in [3.8, 4) is 0 Å². The van der Waals surface area contributed by atoms with E-state index in [-0.39, 0.29) is 29.1 Å². The molecular weight excluding hydrogens is 268 g/mol. The standard InChI is InChI=1S/C6H10.C5H5.2C2H6N.CH3.Ti/c1-4-6(3)5-2;1-2-4-5-3-1;2*1-3-2;;/h4-5H,1H2,2-3H3;1-3H,4H2;2*1-2H3;1H3;/q;4*-1;+4. The topological polar surface area (TPSA) is 28.2 Å². The first kappa shape index (κ1) is 31.1. The van der Waals surface area contributed by atoms with Gasteiger partial charge in [0.1, 0.15) is 0 Å². The van der Waals surface area contributed by atoms with Crippen LogP contribution in [0.3, 0.4) is 0 Å². The Kier molecular flexibility index (Phi) is 59.1. The average molecular weight is 298 g/mol. The summed E-state index contributed by atoms with van der Waals surface area (Å²) in [4.78, 5) is 0. The number of rotatable bonds is 1. The molecule has 108 valence electrons. The smallest absolute Gasteiger partial charge is 0.668 e. The molecular formula is C16H30N2Ti. The van der Waals surface area contributed by atoms with Crippen LogP contribution in [-0.4, -0.2) is 28.2 Å². The molecule has 0 radical (unpaired) electrons. The molecule has 0 aromatic carbocycles. The fraction of sp³-hybridized carbons (Fsp3) is 0.438. The van der Waals surface area contributed by atoms with E-state index in [4.69, 9.17) is 0 Å². The van der Waals surface area contributed by atoms with Crippen molar-refractivity contribution in [2.45, 2.75) is 20.3 Å². The van der Waals surface area contributed by atoms with Gasteiger partial charge < -0.3 is 18.1 Å². The SMILES string of the molecule is C=CC(C)=CC.C[N-]C.C[N-]C.[C-]1=CC=CC1.[CH3-].[Ti+4]. The Hall–Kier alpha value is -0.406. The van der Waals surface area contributed by atoms with E-state index in [0.29, 0.717) is 0 Å². The van der Waals surface area contributed by atoms with Gasteiger partial charge in [0.15, 0.2) is 0 Å². The molecule has 0 atom stereocenters. The van der Waals surface area contributed by atoms with Crippen molar-refractivity contribution in [1.29, 1.82) is 0 Å². The van der Waals surface area contributed by atoms with E-state index in [2.05, 4.69) is 29.4 Å². The van der Waals surface area contributed by atoms with Gasteiger partial charge in [0, 0.05) is 0 Å². The zero-order valence-corrected chi connectivity index (χ0v) is 15.3. The van der Waals surface area contributed by atoms with Gasteiger partial charge in [0.2, 0.25) is 0 Å². The van der Waals surface area contributed by atoms with Gasteiger partial charge in [0.05, 0.1) is 0 Å². The Bertz CT molecular complexity index is 207. The molecule has 0 saturated heterocycles. The Morgan fingerprint density at radius 2 is 1.63 bits per heavy atom. The van der Waals surface area contributed by atoms with Gasteiger partial charge in [-0.1, -0.05) is 24.3 Å². The third kappa shape index (κ3) is 57.9. The first-order valence-corrected chi connectivity index (χ1v) is 5.57. The molecule has 0 fully saturated rings. The maximum atomic E-state index is 3.56. The molecule has 0 amide bonds. The minimum atomic E-state index is 0. The normalized spacial score (nSPS) is 10.1. The van der Waals surface area contributed by atoms with Gasteiger partial charge in [-0.2, -0.15) is 34.3 Å². The Labute approximate surface area is 137 Å². The van der Waals surface area contributed by atoms with E-state index >= 15 is 0 Å². The molecule has 0 aromatic rings. The van der Waals surface area contributed by atoms with E-state index in [1.807, 2.05) is 38.2 Å². The summed E-state index contributed by atoms with van der Waals surface area (Å²) < 4.78 is 0. The van der Waals surface area contributed by atoms with Gasteiger partial charge in [-0.3, -0.25) is 6.08 Å². The van der Waals surface area contributed by atoms with Crippen LogP contribution in [0.1, 0.15) is 20.3 Å². The quantitative estimate of drug-likeness (QED) is 0.365. The molecule has 0 unspecified atom stereocenters. The van der Waals surface area contributed by atoms with Gasteiger partial charge in [-0.25, -0.2) is 12.2 Å². The second kappa shape index (κ2) is 36.0. The fourth-order valence-electron chi connectivity index (χ4n) is 0.458. The van der Waals surface area contributed by atoms with Crippen molar-refractivity contribution in [3.05, 3.63) is 66.7 Å². The molecule has 1 aliphatic carbocycles. The largest absolute Gasteiger partial charge is 4.00 e. The molecule has 0 heterocycles. The van der Waals surface area contributed by atoms with E-state index in [1.54, 1.807) is 28.2 Å². The Balaban J connectivity index is -0.0000000463. The Morgan fingerprint density at radius 1 is 1.21 bits per heavy atom. The molecule has 1 rings (SSSR count). The van der Waals surface area contributed by atoms with Crippen molar-refractivity contribution in [3.63, 3.8) is 0 Å².